The molecule has 0 bridgehead atoms. The van der Waals surface area contributed by atoms with E-state index in [0.717, 1.165) is 0 Å². The Kier molecular flexibility index (Phi) is 3.85. The van der Waals surface area contributed by atoms with E-state index < -0.39 is 0 Å². The summed E-state index contributed by atoms with van der Waals surface area (Å²) in [6, 6.07) is 0. The summed E-state index contributed by atoms with van der Waals surface area (Å²) in [6.45, 7) is 3.43. The zero-order chi connectivity index (χ0) is 6.41. The van der Waals surface area contributed by atoms with Crippen molar-refractivity contribution in [1.29, 1.82) is 0 Å². The van der Waals surface area contributed by atoms with Gasteiger partial charge in [-0.1, -0.05) is 18.2 Å². The average Bonchev–Trinajstić information content (AvgIpc) is 1.66. The number of carbonyl (C=O) groups is 1. The third kappa shape index (κ3) is 5.15. The van der Waals surface area contributed by atoms with E-state index >= 15 is 0 Å². The molecule has 0 radical (unpaired) electrons. The highest BCUT2D eigenvalue weighted by Crippen LogP contribution is 1.76. The summed E-state index contributed by atoms with van der Waals surface area (Å²) in [5.74, 6) is 0.0862. The minimum Gasteiger partial charge on any atom is -0.295 e. The lowest BCUT2D eigenvalue weighted by molar-refractivity contribution is -0.112. The quantitative estimate of drug-likeness (QED) is 0.390. The molecule has 0 unspecified atom stereocenters. The third-order valence-electron chi connectivity index (χ3n) is 0.634. The Morgan fingerprint density at radius 2 is 2.00 bits per heavy atom. The fraction of sp³-hybridized carbons (Fsp3) is 0.286. The van der Waals surface area contributed by atoms with Gasteiger partial charge in [-0.05, 0) is 19.9 Å². The molecule has 0 spiro atoms. The van der Waals surface area contributed by atoms with Crippen LogP contribution >= 0.6 is 0 Å². The van der Waals surface area contributed by atoms with Gasteiger partial charge < -0.3 is 0 Å². The van der Waals surface area contributed by atoms with Crippen LogP contribution in [0.15, 0.2) is 24.3 Å². The Morgan fingerprint density at radius 3 is 2.38 bits per heavy atom. The van der Waals surface area contributed by atoms with Crippen molar-refractivity contribution in [1.82, 2.24) is 0 Å². The fourth-order valence-corrected chi connectivity index (χ4v) is 0.302. The maximum atomic E-state index is 10.2. The number of carbonyl (C=O) groups excluding carboxylic acids is 1. The summed E-state index contributed by atoms with van der Waals surface area (Å²) in [6.07, 6.45) is 6.95. The molecular weight excluding hydrogens is 100 g/mol. The summed E-state index contributed by atoms with van der Waals surface area (Å²) in [5.41, 5.74) is 0. The molecule has 0 amide bonds. The van der Waals surface area contributed by atoms with Gasteiger partial charge in [-0.15, -0.1) is 0 Å². The first-order chi connectivity index (χ1) is 3.77. The van der Waals surface area contributed by atoms with Crippen LogP contribution in [0.3, 0.4) is 0 Å². The SMILES string of the molecule is CC=CC=CC(C)=O. The topological polar surface area (TPSA) is 17.1 Å². The number of ketones is 1. The van der Waals surface area contributed by atoms with Crippen molar-refractivity contribution in [2.24, 2.45) is 0 Å². The molecule has 1 heteroatoms. The van der Waals surface area contributed by atoms with Crippen molar-refractivity contribution in [2.75, 3.05) is 0 Å². The second kappa shape index (κ2) is 4.31. The summed E-state index contributed by atoms with van der Waals surface area (Å²) in [5, 5.41) is 0. The highest BCUT2D eigenvalue weighted by Gasteiger charge is 1.74. The van der Waals surface area contributed by atoms with Gasteiger partial charge in [0, 0.05) is 0 Å². The van der Waals surface area contributed by atoms with E-state index in [9.17, 15) is 4.79 Å². The van der Waals surface area contributed by atoms with Gasteiger partial charge in [-0.25, -0.2) is 0 Å². The van der Waals surface area contributed by atoms with Crippen LogP contribution in [0.2, 0.25) is 0 Å². The second-order valence-electron chi connectivity index (χ2n) is 1.50. The molecule has 44 valence electrons. The van der Waals surface area contributed by atoms with Gasteiger partial charge in [0.25, 0.3) is 0 Å². The first kappa shape index (κ1) is 7.15. The molecule has 0 N–H and O–H groups in total. The van der Waals surface area contributed by atoms with Crippen LogP contribution in [0.25, 0.3) is 0 Å². The van der Waals surface area contributed by atoms with E-state index in [1.54, 1.807) is 6.08 Å². The molecule has 0 fully saturated rings. The van der Waals surface area contributed by atoms with Crippen molar-refractivity contribution in [3.05, 3.63) is 24.3 Å². The monoisotopic (exact) mass is 110 g/mol. The Morgan fingerprint density at radius 1 is 1.38 bits per heavy atom. The van der Waals surface area contributed by atoms with Crippen LogP contribution in [0.1, 0.15) is 13.8 Å². The molecule has 8 heavy (non-hydrogen) atoms. The predicted octanol–water partition coefficient (Wildman–Crippen LogP) is 1.71. The molecule has 0 aromatic carbocycles. The summed E-state index contributed by atoms with van der Waals surface area (Å²) >= 11 is 0. The smallest absolute Gasteiger partial charge is 0.152 e. The van der Waals surface area contributed by atoms with Crippen LogP contribution < -0.4 is 0 Å². The molecule has 0 saturated carbocycles. The fourth-order valence-electron chi connectivity index (χ4n) is 0.302. The van der Waals surface area contributed by atoms with E-state index in [4.69, 9.17) is 0 Å². The lowest BCUT2D eigenvalue weighted by atomic mass is 10.4. The third-order valence-corrected chi connectivity index (χ3v) is 0.634. The molecule has 0 saturated heterocycles. The minimum atomic E-state index is 0.0862. The molecule has 0 atom stereocenters. The molecule has 0 aliphatic heterocycles. The van der Waals surface area contributed by atoms with E-state index in [-0.39, 0.29) is 5.78 Å². The summed E-state index contributed by atoms with van der Waals surface area (Å²) < 4.78 is 0. The zero-order valence-electron chi connectivity index (χ0n) is 5.22. The van der Waals surface area contributed by atoms with Gasteiger partial charge in [0.15, 0.2) is 5.78 Å². The largest absolute Gasteiger partial charge is 0.295 e. The highest BCUT2D eigenvalue weighted by molar-refractivity contribution is 5.87. The normalized spacial score (nSPS) is 11.2. The Labute approximate surface area is 49.7 Å². The Hall–Kier alpha value is -0.850. The van der Waals surface area contributed by atoms with E-state index in [0.29, 0.717) is 0 Å². The molecule has 0 rings (SSSR count). The minimum absolute atomic E-state index is 0.0862. The van der Waals surface area contributed by atoms with E-state index in [2.05, 4.69) is 0 Å². The van der Waals surface area contributed by atoms with Crippen LogP contribution in [-0.4, -0.2) is 5.78 Å². The van der Waals surface area contributed by atoms with Crippen molar-refractivity contribution in [2.45, 2.75) is 13.8 Å². The molecule has 0 aliphatic rings. The van der Waals surface area contributed by atoms with E-state index in [1.165, 1.54) is 13.0 Å². The lowest BCUT2D eigenvalue weighted by Gasteiger charge is -1.72. The molecular formula is C7H10O. The van der Waals surface area contributed by atoms with Gasteiger partial charge >= 0.3 is 0 Å². The number of rotatable bonds is 2. The van der Waals surface area contributed by atoms with Gasteiger partial charge in [-0.2, -0.15) is 0 Å². The van der Waals surface area contributed by atoms with Crippen LogP contribution in [-0.2, 0) is 4.79 Å². The second-order valence-corrected chi connectivity index (χ2v) is 1.50. The van der Waals surface area contributed by atoms with E-state index in [1.807, 2.05) is 19.1 Å². The van der Waals surface area contributed by atoms with Crippen LogP contribution in [0.4, 0.5) is 0 Å². The first-order valence-corrected chi connectivity index (χ1v) is 2.57. The molecule has 0 aromatic heterocycles. The number of hydrogen-bond acceptors (Lipinski definition) is 1. The van der Waals surface area contributed by atoms with Crippen LogP contribution in [0, 0.1) is 0 Å². The van der Waals surface area contributed by atoms with Crippen molar-refractivity contribution < 1.29 is 4.79 Å². The molecule has 0 aromatic rings. The zero-order valence-corrected chi connectivity index (χ0v) is 5.22. The Bertz CT molecular complexity index is 120. The maximum Gasteiger partial charge on any atom is 0.152 e. The number of hydrogen-bond donors (Lipinski definition) is 0. The van der Waals surface area contributed by atoms with Crippen LogP contribution in [0.5, 0.6) is 0 Å². The van der Waals surface area contributed by atoms with Gasteiger partial charge in [-0.3, -0.25) is 4.79 Å². The molecule has 0 aliphatic carbocycles. The highest BCUT2D eigenvalue weighted by atomic mass is 16.1. The van der Waals surface area contributed by atoms with Gasteiger partial charge in [0.05, 0.1) is 0 Å². The average molecular weight is 110 g/mol. The lowest BCUT2D eigenvalue weighted by Crippen LogP contribution is -1.76. The Balaban J connectivity index is 3.50. The van der Waals surface area contributed by atoms with Gasteiger partial charge in [0.2, 0.25) is 0 Å². The maximum absolute atomic E-state index is 10.2. The van der Waals surface area contributed by atoms with Gasteiger partial charge in [0.1, 0.15) is 0 Å². The predicted molar refractivity (Wildman–Crippen MR) is 34.6 cm³/mol. The first-order valence-electron chi connectivity index (χ1n) is 2.57. The van der Waals surface area contributed by atoms with Crippen molar-refractivity contribution in [3.8, 4) is 0 Å². The van der Waals surface area contributed by atoms with Crippen molar-refractivity contribution >= 4 is 5.78 Å². The number of allylic oxidation sites excluding steroid dienone is 4. The standard InChI is InChI=1S/C7H10O/c1-3-4-5-6-7(2)8/h3-6H,1-2H3. The molecule has 0 heterocycles. The molecule has 1 nitrogen and oxygen atoms in total. The summed E-state index contributed by atoms with van der Waals surface area (Å²) in [7, 11) is 0. The summed E-state index contributed by atoms with van der Waals surface area (Å²) in [4.78, 5) is 10.2. The van der Waals surface area contributed by atoms with Crippen molar-refractivity contribution in [3.63, 3.8) is 0 Å².